The van der Waals surface area contributed by atoms with Crippen molar-refractivity contribution in [1.29, 1.82) is 0 Å². The summed E-state index contributed by atoms with van der Waals surface area (Å²) in [5.41, 5.74) is 0.153. The molecule has 2 rings (SSSR count). The number of ether oxygens (including phenoxy) is 2. The van der Waals surface area contributed by atoms with E-state index in [2.05, 4.69) is 13.8 Å². The first kappa shape index (κ1) is 14.4. The number of methoxy groups -OCH3 is 1. The zero-order chi connectivity index (χ0) is 13.9. The van der Waals surface area contributed by atoms with Crippen molar-refractivity contribution in [3.8, 4) is 5.75 Å². The lowest BCUT2D eigenvalue weighted by molar-refractivity contribution is -0.153. The van der Waals surface area contributed by atoms with Crippen molar-refractivity contribution in [2.75, 3.05) is 13.7 Å². The Bertz CT molecular complexity index is 432. The fourth-order valence-electron chi connectivity index (χ4n) is 2.90. The maximum Gasteiger partial charge on any atom is 0.122 e. The molecule has 1 aromatic rings. The molecule has 1 heterocycles. The lowest BCUT2D eigenvalue weighted by atomic mass is 9.78. The SMILES string of the molecule is CCC1(C)CC(O)(Cc2ccccc2OC)CCO1. The van der Waals surface area contributed by atoms with E-state index in [-0.39, 0.29) is 5.60 Å². The Kier molecular flexibility index (Phi) is 4.16. The number of rotatable bonds is 4. The van der Waals surface area contributed by atoms with Crippen molar-refractivity contribution in [2.24, 2.45) is 0 Å². The van der Waals surface area contributed by atoms with Crippen LogP contribution < -0.4 is 4.74 Å². The van der Waals surface area contributed by atoms with E-state index in [1.165, 1.54) is 0 Å². The van der Waals surface area contributed by atoms with Gasteiger partial charge in [-0.3, -0.25) is 0 Å². The van der Waals surface area contributed by atoms with Crippen LogP contribution in [0.4, 0.5) is 0 Å². The molecule has 1 saturated heterocycles. The summed E-state index contributed by atoms with van der Waals surface area (Å²) in [5.74, 6) is 0.848. The molecule has 0 aliphatic carbocycles. The molecule has 106 valence electrons. The van der Waals surface area contributed by atoms with Crippen LogP contribution >= 0.6 is 0 Å². The summed E-state index contributed by atoms with van der Waals surface area (Å²) < 4.78 is 11.2. The maximum absolute atomic E-state index is 10.9. The fourth-order valence-corrected chi connectivity index (χ4v) is 2.90. The van der Waals surface area contributed by atoms with Crippen molar-refractivity contribution in [3.63, 3.8) is 0 Å². The zero-order valence-electron chi connectivity index (χ0n) is 12.1. The van der Waals surface area contributed by atoms with Crippen LogP contribution in [0.15, 0.2) is 24.3 Å². The minimum absolute atomic E-state index is 0.213. The van der Waals surface area contributed by atoms with E-state index in [9.17, 15) is 5.11 Å². The number of hydrogen-bond donors (Lipinski definition) is 1. The van der Waals surface area contributed by atoms with Gasteiger partial charge in [0, 0.05) is 12.8 Å². The van der Waals surface area contributed by atoms with Gasteiger partial charge in [0.1, 0.15) is 5.75 Å². The molecule has 3 nitrogen and oxygen atoms in total. The Labute approximate surface area is 115 Å². The molecule has 3 heteroatoms. The lowest BCUT2D eigenvalue weighted by Crippen LogP contribution is -2.48. The molecule has 0 radical (unpaired) electrons. The number of hydrogen-bond acceptors (Lipinski definition) is 3. The highest BCUT2D eigenvalue weighted by atomic mass is 16.5. The molecule has 0 bridgehead atoms. The van der Waals surface area contributed by atoms with E-state index in [0.717, 1.165) is 17.7 Å². The molecule has 0 amide bonds. The van der Waals surface area contributed by atoms with Crippen LogP contribution in [0.2, 0.25) is 0 Å². The van der Waals surface area contributed by atoms with Gasteiger partial charge in [-0.15, -0.1) is 0 Å². The highest BCUT2D eigenvalue weighted by molar-refractivity contribution is 5.34. The predicted molar refractivity (Wildman–Crippen MR) is 75.5 cm³/mol. The van der Waals surface area contributed by atoms with Crippen molar-refractivity contribution in [3.05, 3.63) is 29.8 Å². The molecule has 2 unspecified atom stereocenters. The van der Waals surface area contributed by atoms with E-state index in [1.807, 2.05) is 24.3 Å². The summed E-state index contributed by atoms with van der Waals surface area (Å²) in [7, 11) is 1.67. The quantitative estimate of drug-likeness (QED) is 0.908. The Balaban J connectivity index is 2.17. The molecule has 1 aliphatic rings. The van der Waals surface area contributed by atoms with Crippen LogP contribution in [0.1, 0.15) is 38.7 Å². The van der Waals surface area contributed by atoms with Gasteiger partial charge in [0.2, 0.25) is 0 Å². The normalized spacial score (nSPS) is 31.2. The molecular weight excluding hydrogens is 240 g/mol. The van der Waals surface area contributed by atoms with Gasteiger partial charge in [-0.1, -0.05) is 25.1 Å². The highest BCUT2D eigenvalue weighted by Gasteiger charge is 2.41. The van der Waals surface area contributed by atoms with Crippen LogP contribution in [-0.4, -0.2) is 30.0 Å². The molecule has 1 aliphatic heterocycles. The van der Waals surface area contributed by atoms with Crippen LogP contribution in [0.25, 0.3) is 0 Å². The fraction of sp³-hybridized carbons (Fsp3) is 0.625. The van der Waals surface area contributed by atoms with Gasteiger partial charge < -0.3 is 14.6 Å². The second-order valence-corrected chi connectivity index (χ2v) is 5.79. The van der Waals surface area contributed by atoms with Crippen molar-refractivity contribution in [2.45, 2.75) is 50.7 Å². The Morgan fingerprint density at radius 3 is 2.79 bits per heavy atom. The van der Waals surface area contributed by atoms with Gasteiger partial charge in [0.15, 0.2) is 0 Å². The van der Waals surface area contributed by atoms with Crippen LogP contribution in [0.3, 0.4) is 0 Å². The highest BCUT2D eigenvalue weighted by Crippen LogP contribution is 2.37. The van der Waals surface area contributed by atoms with Gasteiger partial charge in [-0.05, 0) is 31.4 Å². The molecule has 0 saturated carbocycles. The smallest absolute Gasteiger partial charge is 0.122 e. The third kappa shape index (κ3) is 3.28. The molecule has 1 aromatic carbocycles. The monoisotopic (exact) mass is 264 g/mol. The number of aliphatic hydroxyl groups is 1. The van der Waals surface area contributed by atoms with Crippen LogP contribution in [-0.2, 0) is 11.2 Å². The summed E-state index contributed by atoms with van der Waals surface area (Å²) in [6, 6.07) is 7.90. The first-order valence-corrected chi connectivity index (χ1v) is 6.98. The van der Waals surface area contributed by atoms with Gasteiger partial charge in [0.25, 0.3) is 0 Å². The van der Waals surface area contributed by atoms with E-state index in [4.69, 9.17) is 9.47 Å². The van der Waals surface area contributed by atoms with E-state index in [0.29, 0.717) is 25.9 Å². The van der Waals surface area contributed by atoms with E-state index < -0.39 is 5.60 Å². The first-order valence-electron chi connectivity index (χ1n) is 6.98. The third-order valence-corrected chi connectivity index (χ3v) is 4.18. The van der Waals surface area contributed by atoms with Gasteiger partial charge in [-0.25, -0.2) is 0 Å². The van der Waals surface area contributed by atoms with Crippen molar-refractivity contribution in [1.82, 2.24) is 0 Å². The second-order valence-electron chi connectivity index (χ2n) is 5.79. The van der Waals surface area contributed by atoms with Crippen molar-refractivity contribution >= 4 is 0 Å². The molecule has 1 N–H and O–H groups in total. The summed E-state index contributed by atoms with van der Waals surface area (Å²) in [4.78, 5) is 0. The molecule has 2 atom stereocenters. The van der Waals surface area contributed by atoms with E-state index >= 15 is 0 Å². The van der Waals surface area contributed by atoms with Gasteiger partial charge in [0.05, 0.1) is 24.9 Å². The minimum Gasteiger partial charge on any atom is -0.496 e. The van der Waals surface area contributed by atoms with Gasteiger partial charge >= 0.3 is 0 Å². The topological polar surface area (TPSA) is 38.7 Å². The Hall–Kier alpha value is -1.06. The lowest BCUT2D eigenvalue weighted by Gasteiger charge is -2.43. The summed E-state index contributed by atoms with van der Waals surface area (Å²) in [6.45, 7) is 4.81. The largest absolute Gasteiger partial charge is 0.496 e. The number of benzene rings is 1. The summed E-state index contributed by atoms with van der Waals surface area (Å²) in [5, 5.41) is 10.9. The van der Waals surface area contributed by atoms with Crippen LogP contribution in [0, 0.1) is 0 Å². The predicted octanol–water partition coefficient (Wildman–Crippen LogP) is 2.95. The Morgan fingerprint density at radius 1 is 1.37 bits per heavy atom. The van der Waals surface area contributed by atoms with Crippen molar-refractivity contribution < 1.29 is 14.6 Å². The standard InChI is InChI=1S/C16H24O3/c1-4-15(2)12-16(17,9-10-19-15)11-13-7-5-6-8-14(13)18-3/h5-8,17H,4,9-12H2,1-3H3. The molecule has 0 spiro atoms. The van der Waals surface area contributed by atoms with Gasteiger partial charge in [-0.2, -0.15) is 0 Å². The average molecular weight is 264 g/mol. The van der Waals surface area contributed by atoms with Crippen LogP contribution in [0.5, 0.6) is 5.75 Å². The third-order valence-electron chi connectivity index (χ3n) is 4.18. The number of para-hydroxylation sites is 1. The minimum atomic E-state index is -0.697. The molecule has 19 heavy (non-hydrogen) atoms. The maximum atomic E-state index is 10.9. The second kappa shape index (κ2) is 5.51. The average Bonchev–Trinajstić information content (AvgIpc) is 2.39. The summed E-state index contributed by atoms with van der Waals surface area (Å²) in [6.07, 6.45) is 2.90. The molecular formula is C16H24O3. The Morgan fingerprint density at radius 2 is 2.11 bits per heavy atom. The molecule has 1 fully saturated rings. The first-order chi connectivity index (χ1) is 9.00. The summed E-state index contributed by atoms with van der Waals surface area (Å²) >= 11 is 0. The molecule has 0 aromatic heterocycles. The van der Waals surface area contributed by atoms with E-state index in [1.54, 1.807) is 7.11 Å². The zero-order valence-corrected chi connectivity index (χ0v) is 12.1.